The highest BCUT2D eigenvalue weighted by Gasteiger charge is 2.09. The number of anilines is 1. The van der Waals surface area contributed by atoms with Crippen LogP contribution in [0.1, 0.15) is 35.9 Å². The average Bonchev–Trinajstić information content (AvgIpc) is 2.68. The lowest BCUT2D eigenvalue weighted by Crippen LogP contribution is -2.14. The van der Waals surface area contributed by atoms with Crippen LogP contribution < -0.4 is 5.32 Å². The summed E-state index contributed by atoms with van der Waals surface area (Å²) in [7, 11) is 0. The molecule has 2 N–H and O–H groups in total. The Hall–Kier alpha value is -1.46. The highest BCUT2D eigenvalue weighted by atomic mass is 32.1. The quantitative estimate of drug-likeness (QED) is 0.821. The summed E-state index contributed by atoms with van der Waals surface area (Å²) in [5, 5.41) is 2.91. The molecule has 2 rings (SSSR count). The van der Waals surface area contributed by atoms with E-state index in [0.717, 1.165) is 16.3 Å². The number of aryl methyl sites for hydroxylation is 1. The molecule has 5 heteroatoms. The van der Waals surface area contributed by atoms with Crippen molar-refractivity contribution in [3.8, 4) is 0 Å². The second kappa shape index (κ2) is 6.33. The second-order valence-electron chi connectivity index (χ2n) is 5.06. The fraction of sp³-hybridized carbons (Fsp3) is 0.333. The Morgan fingerprint density at radius 1 is 1.35 bits per heavy atom. The van der Waals surface area contributed by atoms with Gasteiger partial charge in [0.05, 0.1) is 6.42 Å². The van der Waals surface area contributed by atoms with Crippen molar-refractivity contribution in [2.24, 2.45) is 0 Å². The van der Waals surface area contributed by atoms with Gasteiger partial charge in [0.25, 0.3) is 0 Å². The van der Waals surface area contributed by atoms with Gasteiger partial charge in [-0.1, -0.05) is 26.0 Å². The molecule has 106 valence electrons. The van der Waals surface area contributed by atoms with Crippen LogP contribution >= 0.6 is 23.6 Å². The monoisotopic (exact) mass is 306 g/mol. The van der Waals surface area contributed by atoms with Crippen LogP contribution in [0.25, 0.3) is 0 Å². The van der Waals surface area contributed by atoms with E-state index in [1.807, 2.05) is 31.2 Å². The Bertz CT molecular complexity index is 653. The summed E-state index contributed by atoms with van der Waals surface area (Å²) in [6, 6.07) is 7.98. The van der Waals surface area contributed by atoms with Crippen LogP contribution in [0, 0.1) is 10.9 Å². The topological polar surface area (TPSA) is 44.9 Å². The van der Waals surface area contributed by atoms with E-state index < -0.39 is 0 Å². The van der Waals surface area contributed by atoms with Gasteiger partial charge in [0.1, 0.15) is 0 Å². The number of aromatic nitrogens is 1. The first kappa shape index (κ1) is 14.9. The summed E-state index contributed by atoms with van der Waals surface area (Å²) in [6.07, 6.45) is 0.357. The van der Waals surface area contributed by atoms with E-state index in [1.54, 1.807) is 0 Å². The van der Waals surface area contributed by atoms with E-state index in [1.165, 1.54) is 16.9 Å². The van der Waals surface area contributed by atoms with Gasteiger partial charge in [0, 0.05) is 16.3 Å². The van der Waals surface area contributed by atoms with E-state index in [9.17, 15) is 4.79 Å². The lowest BCUT2D eigenvalue weighted by Gasteiger charge is -2.08. The predicted octanol–water partition coefficient (Wildman–Crippen LogP) is 4.42. The molecule has 0 spiro atoms. The number of thiazole rings is 1. The normalized spacial score (nSPS) is 10.8. The van der Waals surface area contributed by atoms with Crippen molar-refractivity contribution in [1.82, 2.24) is 4.98 Å². The Morgan fingerprint density at radius 3 is 2.50 bits per heavy atom. The van der Waals surface area contributed by atoms with E-state index >= 15 is 0 Å². The van der Waals surface area contributed by atoms with Crippen LogP contribution in [0.2, 0.25) is 0 Å². The molecule has 0 atom stereocenters. The first-order valence-electron chi connectivity index (χ1n) is 6.54. The number of hydrogen-bond acceptors (Lipinski definition) is 3. The van der Waals surface area contributed by atoms with Gasteiger partial charge in [-0.05, 0) is 42.8 Å². The molecular formula is C15H18N2OS2. The number of benzene rings is 1. The Morgan fingerprint density at radius 2 is 2.00 bits per heavy atom. The Balaban J connectivity index is 2.01. The van der Waals surface area contributed by atoms with Crippen molar-refractivity contribution in [2.45, 2.75) is 33.1 Å². The van der Waals surface area contributed by atoms with Crippen molar-refractivity contribution in [1.29, 1.82) is 0 Å². The van der Waals surface area contributed by atoms with Crippen LogP contribution in [0.4, 0.5) is 5.69 Å². The van der Waals surface area contributed by atoms with E-state index in [0.29, 0.717) is 16.3 Å². The van der Waals surface area contributed by atoms with Gasteiger partial charge in [-0.3, -0.25) is 4.79 Å². The van der Waals surface area contributed by atoms with Crippen molar-refractivity contribution >= 4 is 35.1 Å². The minimum atomic E-state index is -0.0179. The van der Waals surface area contributed by atoms with E-state index in [2.05, 4.69) is 24.1 Å². The number of hydrogen-bond donors (Lipinski definition) is 2. The third-order valence-electron chi connectivity index (χ3n) is 3.11. The fourth-order valence-electron chi connectivity index (χ4n) is 1.91. The van der Waals surface area contributed by atoms with Crippen molar-refractivity contribution in [3.63, 3.8) is 0 Å². The SMILES string of the molecule is Cc1[nH]c(=S)sc1CC(=O)Nc1ccc(C(C)C)cc1. The minimum absolute atomic E-state index is 0.0179. The molecular weight excluding hydrogens is 288 g/mol. The largest absolute Gasteiger partial charge is 0.341 e. The van der Waals surface area contributed by atoms with E-state index in [-0.39, 0.29) is 5.91 Å². The lowest BCUT2D eigenvalue weighted by atomic mass is 10.0. The number of carbonyl (C=O) groups excluding carboxylic acids is 1. The standard InChI is InChI=1S/C15H18N2OS2/c1-9(2)11-4-6-12(7-5-11)17-14(18)8-13-10(3)16-15(19)20-13/h4-7,9H,8H2,1-3H3,(H,16,19)(H,17,18). The molecule has 0 fully saturated rings. The number of amides is 1. The highest BCUT2D eigenvalue weighted by molar-refractivity contribution is 7.73. The maximum atomic E-state index is 12.0. The number of H-pyrrole nitrogens is 1. The molecule has 0 bridgehead atoms. The number of aromatic amines is 1. The molecule has 1 aromatic carbocycles. The predicted molar refractivity (Wildman–Crippen MR) is 87.1 cm³/mol. The van der Waals surface area contributed by atoms with Crippen LogP contribution in [0.5, 0.6) is 0 Å². The lowest BCUT2D eigenvalue weighted by molar-refractivity contribution is -0.115. The Kier molecular flexibility index (Phi) is 4.73. The van der Waals surface area contributed by atoms with Crippen LogP contribution in [-0.4, -0.2) is 10.9 Å². The molecule has 0 radical (unpaired) electrons. The first-order valence-corrected chi connectivity index (χ1v) is 7.76. The molecule has 1 heterocycles. The Labute approximate surface area is 128 Å². The van der Waals surface area contributed by atoms with Crippen LogP contribution in [0.3, 0.4) is 0 Å². The molecule has 3 nitrogen and oxygen atoms in total. The third-order valence-corrected chi connectivity index (χ3v) is 4.44. The van der Waals surface area contributed by atoms with E-state index in [4.69, 9.17) is 12.2 Å². The summed E-state index contributed by atoms with van der Waals surface area (Å²) in [4.78, 5) is 16.1. The van der Waals surface area contributed by atoms with Gasteiger partial charge >= 0.3 is 0 Å². The minimum Gasteiger partial charge on any atom is -0.341 e. The first-order chi connectivity index (χ1) is 9.45. The molecule has 1 amide bonds. The van der Waals surface area contributed by atoms with Gasteiger partial charge in [0.2, 0.25) is 5.91 Å². The van der Waals surface area contributed by atoms with Crippen LogP contribution in [0.15, 0.2) is 24.3 Å². The van der Waals surface area contributed by atoms with Crippen molar-refractivity contribution < 1.29 is 4.79 Å². The smallest absolute Gasteiger partial charge is 0.229 e. The maximum absolute atomic E-state index is 12.0. The summed E-state index contributed by atoms with van der Waals surface area (Å²) < 4.78 is 0.714. The van der Waals surface area contributed by atoms with Crippen LogP contribution in [-0.2, 0) is 11.2 Å². The van der Waals surface area contributed by atoms with Gasteiger partial charge in [-0.25, -0.2) is 0 Å². The summed E-state index contributed by atoms with van der Waals surface area (Å²) in [6.45, 7) is 6.23. The molecule has 0 saturated carbocycles. The van der Waals surface area contributed by atoms with Gasteiger partial charge in [0.15, 0.2) is 3.95 Å². The summed E-state index contributed by atoms with van der Waals surface area (Å²) in [5.41, 5.74) is 3.07. The second-order valence-corrected chi connectivity index (χ2v) is 6.84. The summed E-state index contributed by atoms with van der Waals surface area (Å²) >= 11 is 6.53. The zero-order chi connectivity index (χ0) is 14.7. The molecule has 0 unspecified atom stereocenters. The average molecular weight is 306 g/mol. The van der Waals surface area contributed by atoms with Gasteiger partial charge < -0.3 is 10.3 Å². The van der Waals surface area contributed by atoms with Gasteiger partial charge in [-0.2, -0.15) is 0 Å². The number of nitrogens with one attached hydrogen (secondary N) is 2. The molecule has 0 aliphatic rings. The third kappa shape index (κ3) is 3.77. The number of rotatable bonds is 4. The molecule has 20 heavy (non-hydrogen) atoms. The molecule has 0 aliphatic heterocycles. The molecule has 2 aromatic rings. The molecule has 0 aliphatic carbocycles. The van der Waals surface area contributed by atoms with Gasteiger partial charge in [-0.15, -0.1) is 11.3 Å². The zero-order valence-corrected chi connectivity index (χ0v) is 13.5. The highest BCUT2D eigenvalue weighted by Crippen LogP contribution is 2.19. The van der Waals surface area contributed by atoms with Crippen molar-refractivity contribution in [2.75, 3.05) is 5.32 Å². The summed E-state index contributed by atoms with van der Waals surface area (Å²) in [5.74, 6) is 0.477. The molecule has 1 aromatic heterocycles. The zero-order valence-electron chi connectivity index (χ0n) is 11.8. The maximum Gasteiger partial charge on any atom is 0.229 e. The number of carbonyl (C=O) groups is 1. The van der Waals surface area contributed by atoms with Crippen molar-refractivity contribution in [3.05, 3.63) is 44.4 Å². The molecule has 0 saturated heterocycles. The fourth-order valence-corrected chi connectivity index (χ4v) is 3.20.